The second kappa shape index (κ2) is 6.54. The van der Waals surface area contributed by atoms with Gasteiger partial charge < -0.3 is 4.42 Å². The molecule has 4 rings (SSSR count). The van der Waals surface area contributed by atoms with Crippen molar-refractivity contribution in [2.75, 3.05) is 0 Å². The number of hydrazone groups is 1. The zero-order chi connectivity index (χ0) is 19.0. The van der Waals surface area contributed by atoms with E-state index in [9.17, 15) is 4.79 Å². The number of aryl methyl sites for hydroxylation is 1. The number of aromatic nitrogens is 2. The second-order valence-corrected chi connectivity index (χ2v) is 7.65. The average Bonchev–Trinajstić information content (AvgIpc) is 3.28. The molecule has 2 aromatic heterocycles. The molecule has 0 radical (unpaired) electrons. The molecule has 1 aliphatic rings. The molecule has 6 heteroatoms. The summed E-state index contributed by atoms with van der Waals surface area (Å²) < 4.78 is 7.13. The van der Waals surface area contributed by atoms with Crippen LogP contribution in [0.15, 0.2) is 58.2 Å². The van der Waals surface area contributed by atoms with Crippen LogP contribution in [0.5, 0.6) is 0 Å². The van der Waals surface area contributed by atoms with E-state index in [1.165, 1.54) is 6.26 Å². The van der Waals surface area contributed by atoms with Crippen LogP contribution in [0.1, 0.15) is 47.8 Å². The van der Waals surface area contributed by atoms with E-state index in [0.717, 1.165) is 41.2 Å². The van der Waals surface area contributed by atoms with Gasteiger partial charge in [0, 0.05) is 5.56 Å². The number of hydrogen-bond donors (Lipinski definition) is 1. The second-order valence-electron chi connectivity index (χ2n) is 7.65. The highest BCUT2D eigenvalue weighted by Crippen LogP contribution is 2.37. The number of nitrogens with one attached hydrogen (secondary N) is 1. The maximum Gasteiger partial charge on any atom is 0.307 e. The number of carbonyl (C=O) groups excluding carboxylic acids is 1. The van der Waals surface area contributed by atoms with Crippen LogP contribution in [0.3, 0.4) is 0 Å². The van der Waals surface area contributed by atoms with Crippen LogP contribution >= 0.6 is 0 Å². The number of benzene rings is 1. The first kappa shape index (κ1) is 17.3. The van der Waals surface area contributed by atoms with E-state index in [1.807, 2.05) is 41.9 Å². The highest BCUT2D eigenvalue weighted by Gasteiger charge is 2.34. The standard InChI is InChI=1S/C21H22N4O2/c1-14-19-16(22-23-20(26)18-10-7-11-27-18)12-21(2,3)13-17(19)25(24-14)15-8-5-4-6-9-15/h4-11H,12-13H2,1-3H3,(H,23,26)/b22-16+. The monoisotopic (exact) mass is 362 g/mol. The Hall–Kier alpha value is -3.15. The van der Waals surface area contributed by atoms with E-state index >= 15 is 0 Å². The lowest BCUT2D eigenvalue weighted by atomic mass is 9.75. The Balaban J connectivity index is 1.75. The largest absolute Gasteiger partial charge is 0.459 e. The average molecular weight is 362 g/mol. The van der Waals surface area contributed by atoms with E-state index in [-0.39, 0.29) is 17.1 Å². The molecule has 0 saturated heterocycles. The fourth-order valence-electron chi connectivity index (χ4n) is 3.63. The van der Waals surface area contributed by atoms with Crippen LogP contribution in [-0.2, 0) is 6.42 Å². The minimum Gasteiger partial charge on any atom is -0.459 e. The van der Waals surface area contributed by atoms with Crippen LogP contribution in [0.4, 0.5) is 0 Å². The van der Waals surface area contributed by atoms with Gasteiger partial charge in [0.05, 0.1) is 29.1 Å². The zero-order valence-corrected chi connectivity index (χ0v) is 15.7. The molecule has 0 fully saturated rings. The molecule has 1 aliphatic carbocycles. The molecule has 0 aliphatic heterocycles. The number of fused-ring (bicyclic) bond motifs is 1. The van der Waals surface area contributed by atoms with Gasteiger partial charge in [-0.15, -0.1) is 0 Å². The lowest BCUT2D eigenvalue weighted by molar-refractivity contribution is 0.0927. The minimum atomic E-state index is -0.356. The van der Waals surface area contributed by atoms with Crippen molar-refractivity contribution < 1.29 is 9.21 Å². The zero-order valence-electron chi connectivity index (χ0n) is 15.7. The quantitative estimate of drug-likeness (QED) is 0.719. The summed E-state index contributed by atoms with van der Waals surface area (Å²) in [7, 11) is 0. The number of amides is 1. The van der Waals surface area contributed by atoms with Crippen molar-refractivity contribution in [2.45, 2.75) is 33.6 Å². The number of carbonyl (C=O) groups is 1. The fourth-order valence-corrected chi connectivity index (χ4v) is 3.63. The molecule has 138 valence electrons. The van der Waals surface area contributed by atoms with Gasteiger partial charge >= 0.3 is 5.91 Å². The highest BCUT2D eigenvalue weighted by molar-refractivity contribution is 6.05. The summed E-state index contributed by atoms with van der Waals surface area (Å²) in [5, 5.41) is 9.21. The summed E-state index contributed by atoms with van der Waals surface area (Å²) in [5.74, 6) is -0.114. The molecule has 6 nitrogen and oxygen atoms in total. The SMILES string of the molecule is Cc1nn(-c2ccccc2)c2c1/C(=N/NC(=O)c1ccco1)CC(C)(C)C2. The molecule has 3 aromatic rings. The first-order valence-corrected chi connectivity index (χ1v) is 8.99. The van der Waals surface area contributed by atoms with Gasteiger partial charge in [0.2, 0.25) is 0 Å². The molecule has 0 spiro atoms. The summed E-state index contributed by atoms with van der Waals surface area (Å²) in [6.45, 7) is 6.40. The molecular formula is C21H22N4O2. The summed E-state index contributed by atoms with van der Waals surface area (Å²) in [6, 6.07) is 13.4. The van der Waals surface area contributed by atoms with E-state index < -0.39 is 0 Å². The van der Waals surface area contributed by atoms with Crippen LogP contribution in [0.25, 0.3) is 5.69 Å². The Morgan fingerprint density at radius 3 is 2.67 bits per heavy atom. The summed E-state index contributed by atoms with van der Waals surface area (Å²) >= 11 is 0. The van der Waals surface area contributed by atoms with Crippen molar-refractivity contribution in [3.63, 3.8) is 0 Å². The third-order valence-electron chi connectivity index (χ3n) is 4.77. The molecule has 1 N–H and O–H groups in total. The van der Waals surface area contributed by atoms with Gasteiger partial charge in [0.15, 0.2) is 5.76 Å². The molecule has 0 bridgehead atoms. The van der Waals surface area contributed by atoms with Gasteiger partial charge in [-0.3, -0.25) is 4.79 Å². The number of para-hydroxylation sites is 1. The lowest BCUT2D eigenvalue weighted by Crippen LogP contribution is -2.31. The molecule has 0 unspecified atom stereocenters. The number of furan rings is 1. The molecule has 0 atom stereocenters. The van der Waals surface area contributed by atoms with E-state index in [0.29, 0.717) is 0 Å². The van der Waals surface area contributed by atoms with Crippen molar-refractivity contribution in [3.8, 4) is 5.69 Å². The van der Waals surface area contributed by atoms with Gasteiger partial charge in [-0.25, -0.2) is 10.1 Å². The Labute approximate surface area is 157 Å². The lowest BCUT2D eigenvalue weighted by Gasteiger charge is -2.31. The van der Waals surface area contributed by atoms with Gasteiger partial charge in [-0.2, -0.15) is 10.2 Å². The van der Waals surface area contributed by atoms with E-state index in [2.05, 4.69) is 24.4 Å². The van der Waals surface area contributed by atoms with E-state index in [4.69, 9.17) is 9.52 Å². The Morgan fingerprint density at radius 2 is 1.96 bits per heavy atom. The fraction of sp³-hybridized carbons (Fsp3) is 0.286. The molecule has 0 saturated carbocycles. The van der Waals surface area contributed by atoms with Crippen LogP contribution in [-0.4, -0.2) is 21.4 Å². The maximum absolute atomic E-state index is 12.2. The number of rotatable bonds is 3. The van der Waals surface area contributed by atoms with Crippen LogP contribution in [0, 0.1) is 12.3 Å². The smallest absolute Gasteiger partial charge is 0.307 e. The first-order chi connectivity index (χ1) is 12.9. The Morgan fingerprint density at radius 1 is 1.19 bits per heavy atom. The summed E-state index contributed by atoms with van der Waals surface area (Å²) in [5.41, 5.74) is 7.58. The number of hydrogen-bond acceptors (Lipinski definition) is 4. The van der Waals surface area contributed by atoms with Crippen molar-refractivity contribution >= 4 is 11.6 Å². The van der Waals surface area contributed by atoms with Gasteiger partial charge in [0.25, 0.3) is 0 Å². The van der Waals surface area contributed by atoms with E-state index in [1.54, 1.807) is 12.1 Å². The molecule has 27 heavy (non-hydrogen) atoms. The number of nitrogens with zero attached hydrogens (tertiary/aromatic N) is 3. The van der Waals surface area contributed by atoms with Crippen molar-refractivity contribution in [1.29, 1.82) is 0 Å². The van der Waals surface area contributed by atoms with Gasteiger partial charge in [-0.1, -0.05) is 32.0 Å². The Kier molecular flexibility index (Phi) is 4.18. The maximum atomic E-state index is 12.2. The van der Waals surface area contributed by atoms with Crippen LogP contribution < -0.4 is 5.43 Å². The third-order valence-corrected chi connectivity index (χ3v) is 4.77. The predicted molar refractivity (Wildman–Crippen MR) is 103 cm³/mol. The molecular weight excluding hydrogens is 340 g/mol. The third kappa shape index (κ3) is 3.30. The van der Waals surface area contributed by atoms with Gasteiger partial charge in [0.1, 0.15) is 0 Å². The highest BCUT2D eigenvalue weighted by atomic mass is 16.3. The molecule has 2 heterocycles. The minimum absolute atomic E-state index is 0.0141. The normalized spacial score (nSPS) is 16.9. The van der Waals surface area contributed by atoms with Crippen molar-refractivity contribution in [1.82, 2.24) is 15.2 Å². The topological polar surface area (TPSA) is 72.4 Å². The molecule has 1 amide bonds. The summed E-state index contributed by atoms with van der Waals surface area (Å²) in [4.78, 5) is 12.2. The van der Waals surface area contributed by atoms with Crippen LogP contribution in [0.2, 0.25) is 0 Å². The molecule has 1 aromatic carbocycles. The first-order valence-electron chi connectivity index (χ1n) is 8.99. The van der Waals surface area contributed by atoms with Crippen molar-refractivity contribution in [2.24, 2.45) is 10.5 Å². The summed E-state index contributed by atoms with van der Waals surface area (Å²) in [6.07, 6.45) is 3.13. The van der Waals surface area contributed by atoms with Crippen molar-refractivity contribution in [3.05, 3.63) is 71.4 Å². The Bertz CT molecular complexity index is 998. The predicted octanol–water partition coefficient (Wildman–Crippen LogP) is 3.88. The van der Waals surface area contributed by atoms with Gasteiger partial charge in [-0.05, 0) is 49.4 Å².